The zero-order chi connectivity index (χ0) is 22.3. The Morgan fingerprint density at radius 1 is 1.00 bits per heavy atom. The van der Waals surface area contributed by atoms with Gasteiger partial charge in [0.25, 0.3) is 15.9 Å². The molecule has 0 bridgehead atoms. The molecule has 0 aliphatic heterocycles. The summed E-state index contributed by atoms with van der Waals surface area (Å²) in [5.74, 6) is -0.0535. The Morgan fingerprint density at radius 2 is 1.71 bits per heavy atom. The van der Waals surface area contributed by atoms with E-state index >= 15 is 0 Å². The zero-order valence-corrected chi connectivity index (χ0v) is 17.8. The van der Waals surface area contributed by atoms with Crippen LogP contribution in [0.25, 0.3) is 0 Å². The van der Waals surface area contributed by atoms with Crippen molar-refractivity contribution in [2.24, 2.45) is 0 Å². The number of amides is 1. The molecule has 3 aromatic rings. The topological polar surface area (TPSA) is 84.5 Å². The van der Waals surface area contributed by atoms with E-state index in [1.165, 1.54) is 30.3 Å². The van der Waals surface area contributed by atoms with Crippen molar-refractivity contribution >= 4 is 21.6 Å². The molecule has 0 unspecified atom stereocenters. The molecule has 0 spiro atoms. The van der Waals surface area contributed by atoms with Crippen LogP contribution in [0.5, 0.6) is 5.75 Å². The molecular weight excluding hydrogens is 419 g/mol. The molecule has 0 aromatic heterocycles. The van der Waals surface area contributed by atoms with Crippen LogP contribution in [0.4, 0.5) is 10.1 Å². The molecule has 2 N–H and O–H groups in total. The molecule has 1 amide bonds. The maximum atomic E-state index is 12.9. The van der Waals surface area contributed by atoms with E-state index in [4.69, 9.17) is 4.74 Å². The average Bonchev–Trinajstić information content (AvgIpc) is 2.75. The van der Waals surface area contributed by atoms with E-state index in [0.29, 0.717) is 30.9 Å². The second kappa shape index (κ2) is 10.1. The van der Waals surface area contributed by atoms with Gasteiger partial charge in [-0.1, -0.05) is 18.2 Å². The summed E-state index contributed by atoms with van der Waals surface area (Å²) in [6.45, 7) is 2.70. The largest absolute Gasteiger partial charge is 0.494 e. The van der Waals surface area contributed by atoms with Crippen LogP contribution in [0.15, 0.2) is 77.7 Å². The van der Waals surface area contributed by atoms with Crippen LogP contribution in [0.2, 0.25) is 0 Å². The summed E-state index contributed by atoms with van der Waals surface area (Å²) in [5.41, 5.74) is 1.50. The monoisotopic (exact) mass is 442 g/mol. The number of rotatable bonds is 9. The molecule has 0 aliphatic rings. The molecule has 0 fully saturated rings. The van der Waals surface area contributed by atoms with Crippen LogP contribution in [0, 0.1) is 5.82 Å². The predicted octanol–water partition coefficient (Wildman–Crippen LogP) is 4.00. The first-order valence-corrected chi connectivity index (χ1v) is 11.2. The van der Waals surface area contributed by atoms with Crippen LogP contribution in [0.1, 0.15) is 22.8 Å². The fourth-order valence-corrected chi connectivity index (χ4v) is 3.94. The Kier molecular flexibility index (Phi) is 7.25. The van der Waals surface area contributed by atoms with E-state index in [0.717, 1.165) is 5.56 Å². The number of benzene rings is 3. The standard InChI is InChI=1S/C23H23FN2O4S/c1-2-30-21-10-12-22(13-11-21)31(28,29)26-20-5-3-4-18(16-20)23(27)25-15-14-17-6-8-19(24)9-7-17/h3-13,16,26H,2,14-15H2,1H3,(H,25,27). The fourth-order valence-electron chi connectivity index (χ4n) is 2.89. The highest BCUT2D eigenvalue weighted by Gasteiger charge is 2.15. The summed E-state index contributed by atoms with van der Waals surface area (Å²) in [7, 11) is -3.81. The van der Waals surface area contributed by atoms with Gasteiger partial charge in [0.1, 0.15) is 11.6 Å². The van der Waals surface area contributed by atoms with Crippen molar-refractivity contribution in [1.82, 2.24) is 5.32 Å². The number of hydrogen-bond acceptors (Lipinski definition) is 4. The average molecular weight is 443 g/mol. The quantitative estimate of drug-likeness (QED) is 0.525. The SMILES string of the molecule is CCOc1ccc(S(=O)(=O)Nc2cccc(C(=O)NCCc3ccc(F)cc3)c2)cc1. The molecule has 3 rings (SSSR count). The van der Waals surface area contributed by atoms with Crippen molar-refractivity contribution in [3.05, 3.63) is 89.7 Å². The summed E-state index contributed by atoms with van der Waals surface area (Å²) in [6.07, 6.45) is 0.552. The highest BCUT2D eigenvalue weighted by molar-refractivity contribution is 7.92. The normalized spacial score (nSPS) is 11.0. The second-order valence-corrected chi connectivity index (χ2v) is 8.41. The van der Waals surface area contributed by atoms with Crippen LogP contribution in [0.3, 0.4) is 0 Å². The second-order valence-electron chi connectivity index (χ2n) is 6.72. The third-order valence-corrected chi connectivity index (χ3v) is 5.83. The summed E-state index contributed by atoms with van der Waals surface area (Å²) >= 11 is 0. The molecule has 0 aliphatic carbocycles. The van der Waals surface area contributed by atoms with Crippen molar-refractivity contribution in [2.75, 3.05) is 17.9 Å². The van der Waals surface area contributed by atoms with Crippen LogP contribution >= 0.6 is 0 Å². The molecule has 0 atom stereocenters. The van der Waals surface area contributed by atoms with E-state index in [2.05, 4.69) is 10.0 Å². The van der Waals surface area contributed by atoms with Crippen molar-refractivity contribution < 1.29 is 22.3 Å². The summed E-state index contributed by atoms with van der Waals surface area (Å²) in [6, 6.07) is 18.4. The number of sulfonamides is 1. The molecule has 0 heterocycles. The Labute approximate surface area is 181 Å². The lowest BCUT2D eigenvalue weighted by atomic mass is 10.1. The lowest BCUT2D eigenvalue weighted by Gasteiger charge is -2.11. The van der Waals surface area contributed by atoms with E-state index in [1.54, 1.807) is 42.5 Å². The number of nitrogens with one attached hydrogen (secondary N) is 2. The lowest BCUT2D eigenvalue weighted by Crippen LogP contribution is -2.25. The number of carbonyl (C=O) groups is 1. The molecular formula is C23H23FN2O4S. The highest BCUT2D eigenvalue weighted by atomic mass is 32.2. The van der Waals surface area contributed by atoms with Gasteiger partial charge >= 0.3 is 0 Å². The third-order valence-electron chi connectivity index (χ3n) is 4.43. The molecule has 3 aromatic carbocycles. The van der Waals surface area contributed by atoms with Gasteiger partial charge in [-0.15, -0.1) is 0 Å². The molecule has 0 radical (unpaired) electrons. The van der Waals surface area contributed by atoms with Crippen molar-refractivity contribution in [2.45, 2.75) is 18.2 Å². The van der Waals surface area contributed by atoms with Crippen molar-refractivity contribution in [1.29, 1.82) is 0 Å². The Bertz CT molecular complexity index is 1130. The lowest BCUT2D eigenvalue weighted by molar-refractivity contribution is 0.0954. The maximum absolute atomic E-state index is 12.9. The number of carbonyl (C=O) groups excluding carboxylic acids is 1. The minimum atomic E-state index is -3.81. The van der Waals surface area contributed by atoms with E-state index in [9.17, 15) is 17.6 Å². The summed E-state index contributed by atoms with van der Waals surface area (Å²) in [4.78, 5) is 12.5. The number of hydrogen-bond donors (Lipinski definition) is 2. The minimum Gasteiger partial charge on any atom is -0.494 e. The van der Waals surface area contributed by atoms with Crippen molar-refractivity contribution in [3.63, 3.8) is 0 Å². The number of anilines is 1. The third kappa shape index (κ3) is 6.29. The van der Waals surface area contributed by atoms with Gasteiger partial charge in [0.15, 0.2) is 0 Å². The Balaban J connectivity index is 1.62. The molecule has 0 saturated heterocycles. The van der Waals surface area contributed by atoms with E-state index in [1.807, 2.05) is 6.92 Å². The molecule has 31 heavy (non-hydrogen) atoms. The smallest absolute Gasteiger partial charge is 0.261 e. The van der Waals surface area contributed by atoms with Gasteiger partial charge in [0, 0.05) is 17.8 Å². The number of halogens is 1. The molecule has 162 valence electrons. The van der Waals surface area contributed by atoms with Crippen LogP contribution in [-0.4, -0.2) is 27.5 Å². The number of ether oxygens (including phenoxy) is 1. The minimum absolute atomic E-state index is 0.0881. The molecule has 8 heteroatoms. The van der Waals surface area contributed by atoms with E-state index < -0.39 is 10.0 Å². The first-order chi connectivity index (χ1) is 14.9. The first kappa shape index (κ1) is 22.3. The molecule has 0 saturated carbocycles. The Hall–Kier alpha value is -3.39. The van der Waals surface area contributed by atoms with Crippen LogP contribution in [-0.2, 0) is 16.4 Å². The van der Waals surface area contributed by atoms with Gasteiger partial charge in [-0.05, 0) is 73.5 Å². The van der Waals surface area contributed by atoms with Gasteiger partial charge < -0.3 is 10.1 Å². The fraction of sp³-hybridized carbons (Fsp3) is 0.174. The predicted molar refractivity (Wildman–Crippen MR) is 117 cm³/mol. The summed E-state index contributed by atoms with van der Waals surface area (Å²) in [5, 5.41) is 2.78. The summed E-state index contributed by atoms with van der Waals surface area (Å²) < 4.78 is 46.0. The zero-order valence-electron chi connectivity index (χ0n) is 17.0. The van der Waals surface area contributed by atoms with Crippen LogP contribution < -0.4 is 14.8 Å². The van der Waals surface area contributed by atoms with Gasteiger partial charge in [-0.25, -0.2) is 12.8 Å². The molecule has 6 nitrogen and oxygen atoms in total. The van der Waals surface area contributed by atoms with E-state index in [-0.39, 0.29) is 22.3 Å². The van der Waals surface area contributed by atoms with Crippen molar-refractivity contribution in [3.8, 4) is 5.75 Å². The highest BCUT2D eigenvalue weighted by Crippen LogP contribution is 2.20. The van der Waals surface area contributed by atoms with Gasteiger partial charge in [0.2, 0.25) is 0 Å². The first-order valence-electron chi connectivity index (χ1n) is 9.76. The van der Waals surface area contributed by atoms with Gasteiger partial charge in [-0.2, -0.15) is 0 Å². The maximum Gasteiger partial charge on any atom is 0.261 e. The Morgan fingerprint density at radius 3 is 2.39 bits per heavy atom. The van der Waals surface area contributed by atoms with Gasteiger partial charge in [-0.3, -0.25) is 9.52 Å². The van der Waals surface area contributed by atoms with Gasteiger partial charge in [0.05, 0.1) is 11.5 Å².